The molecule has 0 saturated carbocycles. The van der Waals surface area contributed by atoms with Gasteiger partial charge in [0.15, 0.2) is 0 Å². The normalized spacial score (nSPS) is 14.5. The number of nitrogens with one attached hydrogen (secondary N) is 1. The molecule has 0 bridgehead atoms. The second-order valence-electron chi connectivity index (χ2n) is 10.5. The van der Waals surface area contributed by atoms with E-state index in [1.54, 1.807) is 7.11 Å². The van der Waals surface area contributed by atoms with E-state index in [1.165, 1.54) is 5.56 Å². The van der Waals surface area contributed by atoms with Crippen molar-refractivity contribution in [2.45, 2.75) is 33.0 Å². The van der Waals surface area contributed by atoms with Crippen molar-refractivity contribution >= 4 is 40.0 Å². The van der Waals surface area contributed by atoms with Crippen LogP contribution in [-0.2, 0) is 19.6 Å². The van der Waals surface area contributed by atoms with Crippen LogP contribution in [0.4, 0.5) is 0 Å². The highest BCUT2D eigenvalue weighted by molar-refractivity contribution is 6.35. The molecule has 0 atom stereocenters. The highest BCUT2D eigenvalue weighted by atomic mass is 35.5. The Hall–Kier alpha value is -3.03. The highest BCUT2D eigenvalue weighted by Crippen LogP contribution is 2.30. The quantitative estimate of drug-likeness (QED) is 0.236. The van der Waals surface area contributed by atoms with E-state index in [-0.39, 0.29) is 5.91 Å². The topological polar surface area (TPSA) is 49.7 Å². The second kappa shape index (κ2) is 13.1. The van der Waals surface area contributed by atoms with Crippen molar-refractivity contribution < 1.29 is 9.53 Å². The summed E-state index contributed by atoms with van der Waals surface area (Å²) in [5.41, 5.74) is 5.03. The van der Waals surface area contributed by atoms with Gasteiger partial charge in [-0.25, -0.2) is 0 Å². The molecule has 1 aliphatic rings. The number of benzene rings is 3. The average molecular weight is 580 g/mol. The van der Waals surface area contributed by atoms with Crippen LogP contribution >= 0.6 is 23.2 Å². The van der Waals surface area contributed by atoms with E-state index in [4.69, 9.17) is 27.9 Å². The smallest absolute Gasteiger partial charge is 0.253 e. The molecule has 1 fully saturated rings. The molecule has 8 heteroatoms. The molecule has 0 unspecified atom stereocenters. The van der Waals surface area contributed by atoms with Crippen molar-refractivity contribution in [1.82, 2.24) is 19.7 Å². The van der Waals surface area contributed by atoms with Crippen molar-refractivity contribution in [3.05, 3.63) is 99.2 Å². The van der Waals surface area contributed by atoms with Crippen molar-refractivity contribution in [1.29, 1.82) is 0 Å². The molecule has 6 nitrogen and oxygen atoms in total. The Kier molecular flexibility index (Phi) is 9.33. The maximum atomic E-state index is 13.3. The van der Waals surface area contributed by atoms with E-state index in [9.17, 15) is 4.79 Å². The first kappa shape index (κ1) is 28.5. The van der Waals surface area contributed by atoms with Crippen LogP contribution in [0.1, 0.15) is 33.5 Å². The number of halogens is 2. The molecule has 210 valence electrons. The predicted molar refractivity (Wildman–Crippen MR) is 164 cm³/mol. The van der Waals surface area contributed by atoms with Crippen LogP contribution in [0.2, 0.25) is 10.0 Å². The minimum absolute atomic E-state index is 0.0737. The maximum Gasteiger partial charge on any atom is 0.253 e. The van der Waals surface area contributed by atoms with Crippen molar-refractivity contribution in [3.8, 4) is 5.75 Å². The van der Waals surface area contributed by atoms with Crippen LogP contribution in [-0.4, -0.2) is 60.1 Å². The van der Waals surface area contributed by atoms with Gasteiger partial charge >= 0.3 is 0 Å². The van der Waals surface area contributed by atoms with E-state index in [1.807, 2.05) is 54.7 Å². The zero-order valence-electron chi connectivity index (χ0n) is 23.1. The van der Waals surface area contributed by atoms with Gasteiger partial charge in [0.25, 0.3) is 5.91 Å². The zero-order valence-corrected chi connectivity index (χ0v) is 24.6. The molecule has 4 aromatic rings. The Morgan fingerprint density at radius 1 is 0.950 bits per heavy atom. The van der Waals surface area contributed by atoms with Crippen LogP contribution in [0.5, 0.6) is 5.75 Å². The molecule has 3 aromatic carbocycles. The standard InChI is InChI=1S/C32H36Cl2N4O2/c1-23-6-3-7-24(18-23)20-35-32(39)28-22-38(31-27(28)8-4-9-30(31)40-2)13-5-12-36-14-16-37(17-15-36)21-25-10-11-26(33)19-29(25)34/h3-4,6-11,18-19,22H,5,12-17,20-21H2,1-2H3,(H,35,39). The summed E-state index contributed by atoms with van der Waals surface area (Å²) in [5, 5.41) is 5.41. The van der Waals surface area contributed by atoms with Crippen LogP contribution in [0.3, 0.4) is 0 Å². The maximum absolute atomic E-state index is 13.3. The lowest BCUT2D eigenvalue weighted by Gasteiger charge is -2.35. The number of carbonyl (C=O) groups excluding carboxylic acids is 1. The number of fused-ring (bicyclic) bond motifs is 1. The number of aromatic nitrogens is 1. The third-order valence-electron chi connectivity index (χ3n) is 7.61. The molecule has 1 aliphatic heterocycles. The zero-order chi connectivity index (χ0) is 28.1. The van der Waals surface area contributed by atoms with Gasteiger partial charge in [0.1, 0.15) is 5.75 Å². The Balaban J connectivity index is 1.19. The van der Waals surface area contributed by atoms with Gasteiger partial charge in [-0.2, -0.15) is 0 Å². The fourth-order valence-corrected chi connectivity index (χ4v) is 5.94. The summed E-state index contributed by atoms with van der Waals surface area (Å²) < 4.78 is 7.87. The first-order chi connectivity index (χ1) is 19.4. The lowest BCUT2D eigenvalue weighted by Crippen LogP contribution is -2.46. The number of hydrogen-bond acceptors (Lipinski definition) is 4. The molecule has 0 spiro atoms. The molecule has 2 heterocycles. The molecular weight excluding hydrogens is 543 g/mol. The van der Waals surface area contributed by atoms with Gasteiger partial charge in [-0.05, 0) is 49.2 Å². The number of hydrogen-bond donors (Lipinski definition) is 1. The molecule has 0 radical (unpaired) electrons. The number of aryl methyl sites for hydroxylation is 2. The average Bonchev–Trinajstić information content (AvgIpc) is 3.33. The van der Waals surface area contributed by atoms with Gasteiger partial charge in [0.2, 0.25) is 0 Å². The SMILES string of the molecule is COc1cccc2c(C(=O)NCc3cccc(C)c3)cn(CCCN3CCN(Cc4ccc(Cl)cc4Cl)CC3)c12. The van der Waals surface area contributed by atoms with E-state index in [0.29, 0.717) is 17.1 Å². The number of piperazine rings is 1. The van der Waals surface area contributed by atoms with E-state index in [0.717, 1.165) is 85.0 Å². The van der Waals surface area contributed by atoms with Crippen LogP contribution in [0, 0.1) is 6.92 Å². The summed E-state index contributed by atoms with van der Waals surface area (Å²) in [4.78, 5) is 18.2. The number of carbonyl (C=O) groups is 1. The number of ether oxygens (including phenoxy) is 1. The number of amides is 1. The third-order valence-corrected chi connectivity index (χ3v) is 8.20. The first-order valence-corrected chi connectivity index (χ1v) is 14.5. The molecule has 1 aromatic heterocycles. The summed E-state index contributed by atoms with van der Waals surface area (Å²) in [7, 11) is 1.68. The predicted octanol–water partition coefficient (Wildman–Crippen LogP) is 6.40. The molecule has 40 heavy (non-hydrogen) atoms. The Morgan fingerprint density at radius 2 is 1.73 bits per heavy atom. The molecule has 1 N–H and O–H groups in total. The van der Waals surface area contributed by atoms with E-state index in [2.05, 4.69) is 38.7 Å². The third kappa shape index (κ3) is 6.81. The number of para-hydroxylation sites is 1. The lowest BCUT2D eigenvalue weighted by molar-refractivity contribution is 0.0952. The van der Waals surface area contributed by atoms with E-state index >= 15 is 0 Å². The van der Waals surface area contributed by atoms with Gasteiger partial charge in [0.05, 0.1) is 18.2 Å². The van der Waals surface area contributed by atoms with Gasteiger partial charge in [-0.15, -0.1) is 0 Å². The monoisotopic (exact) mass is 578 g/mol. The van der Waals surface area contributed by atoms with Crippen molar-refractivity contribution in [2.75, 3.05) is 39.8 Å². The highest BCUT2D eigenvalue weighted by Gasteiger charge is 2.20. The number of nitrogens with zero attached hydrogens (tertiary/aromatic N) is 3. The van der Waals surface area contributed by atoms with Crippen LogP contribution < -0.4 is 10.1 Å². The van der Waals surface area contributed by atoms with Gasteiger partial charge in [0, 0.05) is 67.4 Å². The fourth-order valence-electron chi connectivity index (χ4n) is 5.47. The summed E-state index contributed by atoms with van der Waals surface area (Å²) in [6.07, 6.45) is 2.96. The Bertz CT molecular complexity index is 1480. The van der Waals surface area contributed by atoms with Crippen LogP contribution in [0.15, 0.2) is 66.9 Å². The minimum atomic E-state index is -0.0737. The van der Waals surface area contributed by atoms with Crippen molar-refractivity contribution in [2.24, 2.45) is 0 Å². The lowest BCUT2D eigenvalue weighted by atomic mass is 10.1. The largest absolute Gasteiger partial charge is 0.495 e. The van der Waals surface area contributed by atoms with Gasteiger partial charge < -0.3 is 19.5 Å². The first-order valence-electron chi connectivity index (χ1n) is 13.8. The summed E-state index contributed by atoms with van der Waals surface area (Å²) in [6, 6.07) is 19.8. The second-order valence-corrected chi connectivity index (χ2v) is 11.3. The molecule has 5 rings (SSSR count). The molecule has 1 amide bonds. The Morgan fingerprint density at radius 3 is 2.48 bits per heavy atom. The van der Waals surface area contributed by atoms with E-state index < -0.39 is 0 Å². The molecular formula is C32H36Cl2N4O2. The molecule has 0 aliphatic carbocycles. The molecule has 1 saturated heterocycles. The minimum Gasteiger partial charge on any atom is -0.495 e. The Labute approximate surface area is 246 Å². The summed E-state index contributed by atoms with van der Waals surface area (Å²) in [6.45, 7) is 9.25. The van der Waals surface area contributed by atoms with Gasteiger partial charge in [-0.3, -0.25) is 9.69 Å². The van der Waals surface area contributed by atoms with Crippen molar-refractivity contribution in [3.63, 3.8) is 0 Å². The number of rotatable bonds is 10. The summed E-state index contributed by atoms with van der Waals surface area (Å²) >= 11 is 12.4. The summed E-state index contributed by atoms with van der Waals surface area (Å²) in [5.74, 6) is 0.708. The van der Waals surface area contributed by atoms with Gasteiger partial charge in [-0.1, -0.05) is 71.2 Å². The fraction of sp³-hybridized carbons (Fsp3) is 0.344. The van der Waals surface area contributed by atoms with Crippen LogP contribution in [0.25, 0.3) is 10.9 Å². The number of methoxy groups -OCH3 is 1.